The van der Waals surface area contributed by atoms with E-state index in [0.29, 0.717) is 10.8 Å². The van der Waals surface area contributed by atoms with E-state index in [1.807, 2.05) is 0 Å². The van der Waals surface area contributed by atoms with Gasteiger partial charge in [0.25, 0.3) is 0 Å². The summed E-state index contributed by atoms with van der Waals surface area (Å²) >= 11 is 0. The SMILES string of the molecule is C[CH]N(CC(C)(C)C)CC(C)(C)C. The van der Waals surface area contributed by atoms with Crippen LogP contribution in [-0.2, 0) is 0 Å². The highest BCUT2D eigenvalue weighted by Crippen LogP contribution is 2.21. The summed E-state index contributed by atoms with van der Waals surface area (Å²) in [6, 6.07) is 0. The van der Waals surface area contributed by atoms with Crippen molar-refractivity contribution in [2.24, 2.45) is 10.8 Å². The van der Waals surface area contributed by atoms with Crippen LogP contribution in [0.1, 0.15) is 48.5 Å². The first kappa shape index (κ1) is 13.0. The number of hydrogen-bond acceptors (Lipinski definition) is 1. The molecule has 13 heavy (non-hydrogen) atoms. The molecule has 1 radical (unpaired) electrons. The van der Waals surface area contributed by atoms with Gasteiger partial charge >= 0.3 is 0 Å². The van der Waals surface area contributed by atoms with E-state index in [1.54, 1.807) is 0 Å². The minimum atomic E-state index is 0.387. The maximum absolute atomic E-state index is 2.42. The molecule has 0 aromatic carbocycles. The second-order valence-electron chi connectivity index (χ2n) is 6.28. The lowest BCUT2D eigenvalue weighted by Gasteiger charge is -2.33. The molecule has 0 unspecified atom stereocenters. The predicted octanol–water partition coefficient (Wildman–Crippen LogP) is 3.56. The molecule has 0 spiro atoms. The van der Waals surface area contributed by atoms with Crippen LogP contribution in [0.15, 0.2) is 0 Å². The van der Waals surface area contributed by atoms with Crippen molar-refractivity contribution < 1.29 is 0 Å². The highest BCUT2D eigenvalue weighted by molar-refractivity contribution is 4.77. The quantitative estimate of drug-likeness (QED) is 0.648. The van der Waals surface area contributed by atoms with Gasteiger partial charge in [-0.25, -0.2) is 0 Å². The molecular weight excluding hydrogens is 158 g/mol. The summed E-state index contributed by atoms with van der Waals surface area (Å²) in [6.07, 6.45) is 0. The monoisotopic (exact) mass is 184 g/mol. The Balaban J connectivity index is 4.05. The first-order valence-corrected chi connectivity index (χ1v) is 5.18. The van der Waals surface area contributed by atoms with Crippen LogP contribution in [0.3, 0.4) is 0 Å². The van der Waals surface area contributed by atoms with Crippen molar-refractivity contribution in [3.63, 3.8) is 0 Å². The maximum Gasteiger partial charge on any atom is 0.0221 e. The summed E-state index contributed by atoms with van der Waals surface area (Å²) in [7, 11) is 0. The molecule has 0 amide bonds. The van der Waals surface area contributed by atoms with Crippen molar-refractivity contribution in [2.45, 2.75) is 48.5 Å². The zero-order valence-electron chi connectivity index (χ0n) is 10.4. The van der Waals surface area contributed by atoms with Crippen LogP contribution < -0.4 is 0 Å². The predicted molar refractivity (Wildman–Crippen MR) is 60.5 cm³/mol. The lowest BCUT2D eigenvalue weighted by Crippen LogP contribution is -2.36. The zero-order chi connectivity index (χ0) is 10.7. The molecule has 0 heterocycles. The van der Waals surface area contributed by atoms with E-state index in [2.05, 4.69) is 59.9 Å². The van der Waals surface area contributed by atoms with Gasteiger partial charge in [-0.2, -0.15) is 0 Å². The van der Waals surface area contributed by atoms with E-state index >= 15 is 0 Å². The Labute approximate surface area is 84.5 Å². The van der Waals surface area contributed by atoms with Gasteiger partial charge in [-0.05, 0) is 17.8 Å². The molecule has 79 valence electrons. The molecule has 1 heteroatoms. The van der Waals surface area contributed by atoms with Crippen LogP contribution in [0, 0.1) is 17.4 Å². The fourth-order valence-corrected chi connectivity index (χ4v) is 1.46. The molecule has 0 saturated carbocycles. The van der Waals surface area contributed by atoms with Crippen molar-refractivity contribution in [3.8, 4) is 0 Å². The molecule has 0 saturated heterocycles. The Kier molecular flexibility index (Phi) is 4.44. The second-order valence-corrected chi connectivity index (χ2v) is 6.28. The third-order valence-corrected chi connectivity index (χ3v) is 1.72. The summed E-state index contributed by atoms with van der Waals surface area (Å²) in [5.41, 5.74) is 0.773. The molecule has 0 aromatic rings. The van der Waals surface area contributed by atoms with Gasteiger partial charge in [-0.15, -0.1) is 0 Å². The van der Waals surface area contributed by atoms with Gasteiger partial charge in [-0.1, -0.05) is 41.5 Å². The summed E-state index contributed by atoms with van der Waals surface area (Å²) in [6.45, 7) is 20.3. The van der Waals surface area contributed by atoms with Gasteiger partial charge in [0.2, 0.25) is 0 Å². The first-order chi connectivity index (χ1) is 5.64. The molecule has 1 nitrogen and oxygen atoms in total. The van der Waals surface area contributed by atoms with Crippen molar-refractivity contribution in [3.05, 3.63) is 6.54 Å². The third-order valence-electron chi connectivity index (χ3n) is 1.72. The highest BCUT2D eigenvalue weighted by atomic mass is 15.1. The Morgan fingerprint density at radius 1 is 0.846 bits per heavy atom. The number of hydrogen-bond donors (Lipinski definition) is 0. The van der Waals surface area contributed by atoms with E-state index in [1.165, 1.54) is 0 Å². The largest absolute Gasteiger partial charge is 0.298 e. The summed E-state index contributed by atoms with van der Waals surface area (Å²) in [4.78, 5) is 2.42. The zero-order valence-corrected chi connectivity index (χ0v) is 10.4. The van der Waals surface area contributed by atoms with Crippen LogP contribution in [0.2, 0.25) is 0 Å². The normalized spacial score (nSPS) is 13.8. The van der Waals surface area contributed by atoms with E-state index < -0.39 is 0 Å². The maximum atomic E-state index is 2.42. The number of rotatable bonds is 3. The first-order valence-electron chi connectivity index (χ1n) is 5.18. The van der Waals surface area contributed by atoms with Gasteiger partial charge in [0.1, 0.15) is 0 Å². The summed E-state index contributed by atoms with van der Waals surface area (Å²) < 4.78 is 0. The van der Waals surface area contributed by atoms with E-state index in [0.717, 1.165) is 13.1 Å². The van der Waals surface area contributed by atoms with Crippen molar-refractivity contribution >= 4 is 0 Å². The van der Waals surface area contributed by atoms with E-state index in [-0.39, 0.29) is 0 Å². The average Bonchev–Trinajstić information content (AvgIpc) is 1.79. The molecular formula is C12H26N. The van der Waals surface area contributed by atoms with Gasteiger partial charge in [0.05, 0.1) is 0 Å². The van der Waals surface area contributed by atoms with Crippen molar-refractivity contribution in [1.29, 1.82) is 0 Å². The topological polar surface area (TPSA) is 3.24 Å². The Morgan fingerprint density at radius 3 is 1.31 bits per heavy atom. The standard InChI is InChI=1S/C12H26N/c1-8-13(9-11(2,3)4)10-12(5,6)7/h8H,9-10H2,1-7H3. The minimum absolute atomic E-state index is 0.387. The second kappa shape index (κ2) is 4.45. The fourth-order valence-electron chi connectivity index (χ4n) is 1.46. The molecule has 0 aliphatic carbocycles. The van der Waals surface area contributed by atoms with Gasteiger partial charge in [-0.3, -0.25) is 4.90 Å². The third kappa shape index (κ3) is 8.29. The highest BCUT2D eigenvalue weighted by Gasteiger charge is 2.20. The van der Waals surface area contributed by atoms with Crippen molar-refractivity contribution in [2.75, 3.05) is 13.1 Å². The molecule has 0 aliphatic heterocycles. The summed E-state index contributed by atoms with van der Waals surface area (Å²) in [5.74, 6) is 0. The molecule has 0 fully saturated rings. The van der Waals surface area contributed by atoms with Crippen LogP contribution in [0.4, 0.5) is 0 Å². The van der Waals surface area contributed by atoms with Crippen LogP contribution in [0.25, 0.3) is 0 Å². The lowest BCUT2D eigenvalue weighted by atomic mass is 9.92. The minimum Gasteiger partial charge on any atom is -0.298 e. The van der Waals surface area contributed by atoms with Gasteiger partial charge in [0.15, 0.2) is 0 Å². The molecule has 0 aliphatic rings. The average molecular weight is 184 g/mol. The van der Waals surface area contributed by atoms with Crippen molar-refractivity contribution in [1.82, 2.24) is 4.90 Å². The van der Waals surface area contributed by atoms with E-state index in [9.17, 15) is 0 Å². The molecule has 0 aromatic heterocycles. The Bertz CT molecular complexity index is 120. The Hall–Kier alpha value is -0.0400. The van der Waals surface area contributed by atoms with Crippen LogP contribution in [0.5, 0.6) is 0 Å². The molecule has 0 N–H and O–H groups in total. The van der Waals surface area contributed by atoms with Gasteiger partial charge < -0.3 is 0 Å². The molecule has 0 atom stereocenters. The number of nitrogens with zero attached hydrogens (tertiary/aromatic N) is 1. The smallest absolute Gasteiger partial charge is 0.0221 e. The Morgan fingerprint density at radius 2 is 1.15 bits per heavy atom. The fraction of sp³-hybridized carbons (Fsp3) is 0.917. The van der Waals surface area contributed by atoms with Gasteiger partial charge in [0, 0.05) is 19.6 Å². The summed E-state index contributed by atoms with van der Waals surface area (Å²) in [5, 5.41) is 0. The van der Waals surface area contributed by atoms with Crippen LogP contribution >= 0.6 is 0 Å². The lowest BCUT2D eigenvalue weighted by molar-refractivity contribution is 0.174. The molecule has 0 bridgehead atoms. The molecule has 0 rings (SSSR count). The van der Waals surface area contributed by atoms with Crippen LogP contribution in [-0.4, -0.2) is 18.0 Å². The van der Waals surface area contributed by atoms with E-state index in [4.69, 9.17) is 0 Å².